The Morgan fingerprint density at radius 1 is 1.10 bits per heavy atom. The molecule has 1 rings (SSSR count). The van der Waals surface area contributed by atoms with Gasteiger partial charge in [0.2, 0.25) is 0 Å². The molecular formula is C10H3BrF7NO. The number of nitriles is 1. The minimum absolute atomic E-state index is 0.301. The number of rotatable bonds is 2. The average Bonchev–Trinajstić information content (AvgIpc) is 2.28. The van der Waals surface area contributed by atoms with Gasteiger partial charge in [0.05, 0.1) is 10.0 Å². The smallest absolute Gasteiger partial charge is 0.434 e. The molecule has 0 amide bonds. The Hall–Kier alpha value is -1.50. The Morgan fingerprint density at radius 2 is 1.60 bits per heavy atom. The van der Waals surface area contributed by atoms with Gasteiger partial charge >= 0.3 is 12.4 Å². The third kappa shape index (κ3) is 3.53. The maximum Gasteiger partial charge on any atom is 0.434 e. The van der Waals surface area contributed by atoms with Crippen molar-refractivity contribution in [2.75, 3.05) is 0 Å². The van der Waals surface area contributed by atoms with Crippen LogP contribution in [0, 0.1) is 17.1 Å². The molecule has 0 spiro atoms. The molecule has 110 valence electrons. The van der Waals surface area contributed by atoms with Gasteiger partial charge in [-0.15, -0.1) is 0 Å². The van der Waals surface area contributed by atoms with Crippen molar-refractivity contribution >= 4 is 15.9 Å². The standard InChI is InChI=1S/C10H3BrF7NO/c11-6-4(3-19)1-2-5(7(6)12)20-8(9(13,14)15)10(16,17)18/h1-2,8H. The molecule has 0 aliphatic rings. The second-order valence-corrected chi connectivity index (χ2v) is 4.23. The van der Waals surface area contributed by atoms with E-state index in [9.17, 15) is 30.7 Å². The molecule has 0 atom stereocenters. The van der Waals surface area contributed by atoms with Gasteiger partial charge in [0.15, 0.2) is 11.6 Å². The van der Waals surface area contributed by atoms with Gasteiger partial charge in [-0.25, -0.2) is 4.39 Å². The van der Waals surface area contributed by atoms with Gasteiger partial charge in [-0.2, -0.15) is 31.6 Å². The van der Waals surface area contributed by atoms with Gasteiger partial charge in [0.1, 0.15) is 6.07 Å². The number of hydrogen-bond acceptors (Lipinski definition) is 2. The zero-order valence-electron chi connectivity index (χ0n) is 9.11. The summed E-state index contributed by atoms with van der Waals surface area (Å²) in [5, 5.41) is 8.53. The lowest BCUT2D eigenvalue weighted by Crippen LogP contribution is -2.46. The molecule has 0 aromatic heterocycles. The monoisotopic (exact) mass is 365 g/mol. The first-order valence-electron chi connectivity index (χ1n) is 4.66. The fourth-order valence-corrected chi connectivity index (χ4v) is 1.57. The van der Waals surface area contributed by atoms with E-state index in [1.165, 1.54) is 6.07 Å². The van der Waals surface area contributed by atoms with Crippen molar-refractivity contribution in [2.24, 2.45) is 0 Å². The molecule has 0 aliphatic carbocycles. The molecule has 0 saturated carbocycles. The van der Waals surface area contributed by atoms with Crippen LogP contribution in [-0.4, -0.2) is 18.5 Å². The Balaban J connectivity index is 3.21. The normalized spacial score (nSPS) is 12.4. The zero-order chi connectivity index (χ0) is 15.7. The van der Waals surface area contributed by atoms with Crippen LogP contribution in [-0.2, 0) is 0 Å². The Labute approximate surface area is 115 Å². The minimum atomic E-state index is -5.76. The highest BCUT2D eigenvalue weighted by atomic mass is 79.9. The molecular weight excluding hydrogens is 363 g/mol. The molecule has 0 saturated heterocycles. The Bertz CT molecular complexity index is 532. The van der Waals surface area contributed by atoms with Crippen molar-refractivity contribution in [1.29, 1.82) is 5.26 Å². The van der Waals surface area contributed by atoms with Crippen LogP contribution in [0.4, 0.5) is 30.7 Å². The van der Waals surface area contributed by atoms with Crippen molar-refractivity contribution in [2.45, 2.75) is 18.5 Å². The highest BCUT2D eigenvalue weighted by Crippen LogP contribution is 2.38. The van der Waals surface area contributed by atoms with Crippen LogP contribution in [0.5, 0.6) is 5.75 Å². The second kappa shape index (κ2) is 5.47. The van der Waals surface area contributed by atoms with Gasteiger partial charge in [0, 0.05) is 0 Å². The van der Waals surface area contributed by atoms with E-state index in [0.717, 1.165) is 6.07 Å². The highest BCUT2D eigenvalue weighted by molar-refractivity contribution is 9.10. The van der Waals surface area contributed by atoms with E-state index in [2.05, 4.69) is 20.7 Å². The number of nitrogens with zero attached hydrogens (tertiary/aromatic N) is 1. The van der Waals surface area contributed by atoms with E-state index >= 15 is 0 Å². The number of alkyl halides is 6. The Morgan fingerprint density at radius 3 is 2.00 bits per heavy atom. The van der Waals surface area contributed by atoms with Gasteiger partial charge < -0.3 is 4.74 Å². The first-order valence-corrected chi connectivity index (χ1v) is 5.46. The van der Waals surface area contributed by atoms with E-state index in [1.807, 2.05) is 0 Å². The lowest BCUT2D eigenvalue weighted by Gasteiger charge is -2.24. The van der Waals surface area contributed by atoms with Crippen LogP contribution >= 0.6 is 15.9 Å². The van der Waals surface area contributed by atoms with Crippen LogP contribution in [0.3, 0.4) is 0 Å². The SMILES string of the molecule is N#Cc1ccc(OC(C(F)(F)F)C(F)(F)F)c(F)c1Br. The highest BCUT2D eigenvalue weighted by Gasteiger charge is 2.59. The van der Waals surface area contributed by atoms with E-state index in [1.54, 1.807) is 0 Å². The van der Waals surface area contributed by atoms with Crippen molar-refractivity contribution in [3.8, 4) is 11.8 Å². The van der Waals surface area contributed by atoms with Gasteiger partial charge in [-0.05, 0) is 28.1 Å². The molecule has 0 aliphatic heterocycles. The summed E-state index contributed by atoms with van der Waals surface area (Å²) in [6.07, 6.45) is -15.7. The third-order valence-electron chi connectivity index (χ3n) is 2.01. The molecule has 20 heavy (non-hydrogen) atoms. The summed E-state index contributed by atoms with van der Waals surface area (Å²) in [7, 11) is 0. The molecule has 0 bridgehead atoms. The molecule has 1 aromatic rings. The zero-order valence-corrected chi connectivity index (χ0v) is 10.7. The first kappa shape index (κ1) is 16.6. The van der Waals surface area contributed by atoms with Crippen LogP contribution in [0.2, 0.25) is 0 Å². The van der Waals surface area contributed by atoms with Crippen LogP contribution in [0.1, 0.15) is 5.56 Å². The predicted molar refractivity (Wildman–Crippen MR) is 55.3 cm³/mol. The lowest BCUT2D eigenvalue weighted by atomic mass is 10.2. The molecule has 10 heteroatoms. The predicted octanol–water partition coefficient (Wildman–Crippen LogP) is 4.33. The number of ether oxygens (including phenoxy) is 1. The van der Waals surface area contributed by atoms with E-state index in [-0.39, 0.29) is 5.56 Å². The number of hydrogen-bond donors (Lipinski definition) is 0. The summed E-state index contributed by atoms with van der Waals surface area (Å²) in [5.41, 5.74) is -0.301. The largest absolute Gasteiger partial charge is 0.468 e. The molecule has 0 heterocycles. The lowest BCUT2D eigenvalue weighted by molar-refractivity contribution is -0.300. The van der Waals surface area contributed by atoms with Crippen molar-refractivity contribution in [3.05, 3.63) is 28.0 Å². The summed E-state index contributed by atoms with van der Waals surface area (Å²) in [6.45, 7) is 0. The fourth-order valence-electron chi connectivity index (χ4n) is 1.16. The molecule has 0 fully saturated rings. The van der Waals surface area contributed by atoms with E-state index < -0.39 is 34.5 Å². The second-order valence-electron chi connectivity index (χ2n) is 3.43. The summed E-state index contributed by atoms with van der Waals surface area (Å²) < 4.78 is 90.1. The number of benzene rings is 1. The molecule has 1 aromatic carbocycles. The summed E-state index contributed by atoms with van der Waals surface area (Å²) in [6, 6.07) is 2.83. The molecule has 2 nitrogen and oxygen atoms in total. The first-order chi connectivity index (χ1) is 8.98. The third-order valence-corrected chi connectivity index (χ3v) is 2.78. The Kier molecular flexibility index (Phi) is 4.53. The van der Waals surface area contributed by atoms with Gasteiger partial charge in [-0.1, -0.05) is 0 Å². The van der Waals surface area contributed by atoms with Gasteiger partial charge in [0.25, 0.3) is 6.10 Å². The molecule has 0 N–H and O–H groups in total. The van der Waals surface area contributed by atoms with Crippen LogP contribution in [0.25, 0.3) is 0 Å². The van der Waals surface area contributed by atoms with Crippen molar-refractivity contribution < 1.29 is 35.5 Å². The quantitative estimate of drug-likeness (QED) is 0.730. The number of halogens is 8. The minimum Gasteiger partial charge on any atom is -0.468 e. The molecule has 0 unspecified atom stereocenters. The summed E-state index contributed by atoms with van der Waals surface area (Å²) >= 11 is 2.54. The topological polar surface area (TPSA) is 33.0 Å². The molecule has 0 radical (unpaired) electrons. The van der Waals surface area contributed by atoms with E-state index in [4.69, 9.17) is 5.26 Å². The fraction of sp³-hybridized carbons (Fsp3) is 0.300. The average molecular weight is 366 g/mol. The summed E-state index contributed by atoms with van der Waals surface area (Å²) in [4.78, 5) is 0. The van der Waals surface area contributed by atoms with E-state index in [0.29, 0.717) is 6.07 Å². The summed E-state index contributed by atoms with van der Waals surface area (Å²) in [5.74, 6) is -2.79. The maximum absolute atomic E-state index is 13.5. The van der Waals surface area contributed by atoms with Gasteiger partial charge in [-0.3, -0.25) is 0 Å². The maximum atomic E-state index is 13.5. The van der Waals surface area contributed by atoms with Crippen LogP contribution < -0.4 is 4.74 Å². The van der Waals surface area contributed by atoms with Crippen molar-refractivity contribution in [1.82, 2.24) is 0 Å². The van der Waals surface area contributed by atoms with Crippen molar-refractivity contribution in [3.63, 3.8) is 0 Å². The van der Waals surface area contributed by atoms with Crippen LogP contribution in [0.15, 0.2) is 16.6 Å².